The van der Waals surface area contributed by atoms with E-state index in [0.29, 0.717) is 22.0 Å². The number of rotatable bonds is 24. The summed E-state index contributed by atoms with van der Waals surface area (Å²) in [6, 6.07) is 2.48. The summed E-state index contributed by atoms with van der Waals surface area (Å²) in [4.78, 5) is 237. The van der Waals surface area contributed by atoms with Gasteiger partial charge in [-0.05, 0) is 113 Å². The maximum absolute atomic E-state index is 15.5. The molecule has 2 aromatic carbocycles. The Morgan fingerprint density at radius 2 is 1.37 bits per heavy atom. The maximum atomic E-state index is 15.5. The number of aliphatic hydroxyl groups excluding tert-OH is 1. The third-order valence-electron chi connectivity index (χ3n) is 20.4. The van der Waals surface area contributed by atoms with Crippen LogP contribution in [0.15, 0.2) is 65.9 Å². The Labute approximate surface area is 671 Å². The van der Waals surface area contributed by atoms with E-state index in [4.69, 9.17) is 28.7 Å². The summed E-state index contributed by atoms with van der Waals surface area (Å²) < 4.78 is 1.36. The second-order valence-electron chi connectivity index (χ2n) is 29.1. The van der Waals surface area contributed by atoms with Crippen molar-refractivity contribution in [3.8, 4) is 5.75 Å². The summed E-state index contributed by atoms with van der Waals surface area (Å²) in [6.45, 7) is 0.205. The lowest BCUT2D eigenvalue weighted by Crippen LogP contribution is -2.52. The summed E-state index contributed by atoms with van der Waals surface area (Å²) >= 11 is 0. The maximum Gasteiger partial charge on any atom is 0.312 e. The number of guanidine groups is 1. The number of primary amides is 2. The molecule has 0 spiro atoms. The molecule has 7 rings (SSSR count). The van der Waals surface area contributed by atoms with Gasteiger partial charge in [0.15, 0.2) is 40.7 Å². The standard InChI is InChI=1S/C75H103N17O20S2.CH4/c1-40(93)67-63(100)32-46(34-66(103)104)72(109)92-25-7-13-57(92)62(99)31-43(8-4-22-81-74(78)79)69(106)87-56-39-114-113-38-55(84-65(102)35-76)60(97)30-44(71(108)88-67)16-18-49-37-91(90-89-49)24-6-12-53(58(95)33-47(73(110)111)26-41-14-19-50(94)20-15-41)85-70(107)45(17-21-64(77)101)29-59(96)54(27-48-36-83-52-11-3-2-10-51(48)52)86-68(105)42(28-61(56)98)9-5-23-82-75(80)112;/h2-3,10-11,14-15,19-20,36-37,40,42-47,53-57,67,83,93-94H,4-9,12-13,16-18,21-35,38-39,76H2,1H3,(H2,77,101)(H,84,102)(H,85,107)(H,86,105)(H,87,106)(H,88,108)(H,103,104)(H,110,111)(H4,78,79,81)(H3,80,82,112);1H4/t40-,42-,43-,44-,45-,46+,47-,53+,54+,55+,56+,57+,67+;/m1./s1. The molecule has 21 N–H and O–H groups in total. The number of aromatic amines is 1. The van der Waals surface area contributed by atoms with E-state index in [1.54, 1.807) is 30.5 Å². The molecule has 13 atom stereocenters. The van der Waals surface area contributed by atoms with Crippen molar-refractivity contribution in [2.24, 2.45) is 69.2 Å². The first kappa shape index (κ1) is 93.2. The van der Waals surface area contributed by atoms with Crippen LogP contribution in [0.3, 0.4) is 0 Å². The number of carboxylic acids is 2. The summed E-state index contributed by atoms with van der Waals surface area (Å²) in [6.07, 6.45) is -5.85. The van der Waals surface area contributed by atoms with Crippen LogP contribution in [0, 0.1) is 35.5 Å². The number of amides is 9. The number of aliphatic imine (C=N–C) groups is 1. The smallest absolute Gasteiger partial charge is 0.312 e. The Balaban J connectivity index is 0.0000206. The number of aliphatic hydroxyl groups is 1. The van der Waals surface area contributed by atoms with Gasteiger partial charge in [-0.15, -0.1) is 5.10 Å². The zero-order valence-corrected chi connectivity index (χ0v) is 65.0. The van der Waals surface area contributed by atoms with Crippen molar-refractivity contribution in [2.75, 3.05) is 37.7 Å². The molecule has 5 heterocycles. The number of para-hydroxylation sites is 1. The molecular formula is C76H107N17O20S2. The Morgan fingerprint density at radius 3 is 2.04 bits per heavy atom. The SMILES string of the molecule is C.C[C@@H](O)[C@@H]1NC(=O)[C@@H]2CCc3cn(nn3)CCC[C@@H](C(=O)C[C@@H](Cc3ccc(O)cc3)C(=O)O)NC(=O)[C@H](CCC(N)=O)CC(=O)[C@H](Cc3c[nH]c4ccccc34)NC(=O)[C@H](CCCNC(N)=O)CC(=O)[C@H](CSSC[C@H](NC(=O)CN)C(=O)C2)NC(=O)[C@H](CCCN=C(N)N)CC(=O)[C@@H]2CCCN2C(=O)[C@H](CC(=O)O)CC1=O. The quantitative estimate of drug-likeness (QED) is 0.0193. The number of carboxylic acid groups (broad SMARTS) is 2. The molecule has 628 valence electrons. The molecule has 37 nitrogen and oxygen atoms in total. The number of aromatic nitrogens is 4. The normalized spacial score (nSPS) is 24.0. The number of nitrogens with two attached hydrogens (primary N) is 5. The van der Waals surface area contributed by atoms with Crippen LogP contribution in [0.25, 0.3) is 10.9 Å². The molecule has 9 amide bonds. The van der Waals surface area contributed by atoms with Gasteiger partial charge >= 0.3 is 18.0 Å². The van der Waals surface area contributed by atoms with Gasteiger partial charge in [-0.25, -0.2) is 4.79 Å². The van der Waals surface area contributed by atoms with Crippen LogP contribution in [0.2, 0.25) is 0 Å². The van der Waals surface area contributed by atoms with Crippen molar-refractivity contribution in [3.63, 3.8) is 0 Å². The largest absolute Gasteiger partial charge is 0.508 e. The van der Waals surface area contributed by atoms with Crippen molar-refractivity contribution in [3.05, 3.63) is 77.7 Å². The van der Waals surface area contributed by atoms with Crippen molar-refractivity contribution in [1.29, 1.82) is 0 Å². The number of fused-ring (bicyclic) bond motifs is 12. The number of Topliss-reactive ketones (excluding diaryl/α,β-unsaturated/α-hetero) is 6. The summed E-state index contributed by atoms with van der Waals surface area (Å²) in [5.74, 6) is -23.9. The van der Waals surface area contributed by atoms with Crippen LogP contribution >= 0.6 is 21.6 Å². The molecule has 0 radical (unpaired) electrons. The Kier molecular flexibility index (Phi) is 37.3. The first-order valence-corrected chi connectivity index (χ1v) is 40.4. The van der Waals surface area contributed by atoms with Gasteiger partial charge in [0.1, 0.15) is 11.8 Å². The van der Waals surface area contributed by atoms with Gasteiger partial charge in [0.05, 0.1) is 66.8 Å². The highest BCUT2D eigenvalue weighted by Crippen LogP contribution is 2.32. The van der Waals surface area contributed by atoms with Crippen LogP contribution in [0.5, 0.6) is 5.75 Å². The molecule has 115 heavy (non-hydrogen) atoms. The van der Waals surface area contributed by atoms with E-state index in [1.165, 1.54) is 35.1 Å². The highest BCUT2D eigenvalue weighted by Gasteiger charge is 2.43. The predicted molar refractivity (Wildman–Crippen MR) is 422 cm³/mol. The van der Waals surface area contributed by atoms with Crippen molar-refractivity contribution in [2.45, 2.75) is 198 Å². The van der Waals surface area contributed by atoms with Crippen LogP contribution in [-0.4, -0.2) is 225 Å². The van der Waals surface area contributed by atoms with Gasteiger partial charge in [0.25, 0.3) is 0 Å². The van der Waals surface area contributed by atoms with E-state index in [1.807, 2.05) is 0 Å². The lowest BCUT2D eigenvalue weighted by Gasteiger charge is -2.30. The summed E-state index contributed by atoms with van der Waals surface area (Å²) in [5, 5.41) is 66.9. The van der Waals surface area contributed by atoms with Crippen molar-refractivity contribution < 1.29 is 97.1 Å². The predicted octanol–water partition coefficient (Wildman–Crippen LogP) is 0.242. The zero-order chi connectivity index (χ0) is 83.3. The van der Waals surface area contributed by atoms with Crippen LogP contribution < -0.4 is 60.6 Å². The minimum Gasteiger partial charge on any atom is -0.508 e. The monoisotopic (exact) mass is 1640 g/mol. The molecule has 0 unspecified atom stereocenters. The van der Waals surface area contributed by atoms with Gasteiger partial charge in [-0.3, -0.25) is 81.6 Å². The number of carbonyl (C=O) groups excluding carboxylic acids is 14. The number of hydrogen-bond acceptors (Lipinski definition) is 24. The van der Waals surface area contributed by atoms with Gasteiger partial charge in [0.2, 0.25) is 41.4 Å². The topological polar surface area (TPSA) is 618 Å². The van der Waals surface area contributed by atoms with Crippen LogP contribution in [-0.2, 0) is 97.7 Å². The molecule has 3 aliphatic rings. The fraction of sp³-hybridized carbons (Fsp3) is 0.566. The first-order valence-electron chi connectivity index (χ1n) is 37.9. The summed E-state index contributed by atoms with van der Waals surface area (Å²) in [5.41, 5.74) is 30.0. The molecule has 3 aliphatic heterocycles. The second-order valence-corrected chi connectivity index (χ2v) is 31.7. The number of H-pyrrole nitrogens is 1. The lowest BCUT2D eigenvalue weighted by atomic mass is 9.88. The van der Waals surface area contributed by atoms with Gasteiger partial charge in [-0.1, -0.05) is 64.6 Å². The number of ketones is 6. The Morgan fingerprint density at radius 1 is 0.713 bits per heavy atom. The molecule has 2 aromatic heterocycles. The number of nitrogens with zero attached hydrogens (tertiary/aromatic N) is 5. The number of aryl methyl sites for hydroxylation is 2. The lowest BCUT2D eigenvalue weighted by molar-refractivity contribution is -0.148. The van der Waals surface area contributed by atoms with Gasteiger partial charge in [0, 0.05) is 136 Å². The van der Waals surface area contributed by atoms with E-state index in [9.17, 15) is 73.2 Å². The van der Waals surface area contributed by atoms with Crippen LogP contribution in [0.1, 0.15) is 147 Å². The fourth-order valence-corrected chi connectivity index (χ4v) is 16.6. The van der Waals surface area contributed by atoms with E-state index in [-0.39, 0.29) is 146 Å². The molecular weight excluding hydrogens is 1540 g/mol. The number of urea groups is 1. The first-order chi connectivity index (χ1) is 54.3. The Hall–Kier alpha value is -10.7. The van der Waals surface area contributed by atoms with E-state index >= 15 is 24.0 Å². The summed E-state index contributed by atoms with van der Waals surface area (Å²) in [7, 11) is 1.85. The minimum atomic E-state index is -1.84. The number of phenolic OH excluding ortho intramolecular Hbond substituents is 1. The van der Waals surface area contributed by atoms with Gasteiger partial charge in [-0.2, -0.15) is 0 Å². The van der Waals surface area contributed by atoms with Crippen LogP contribution in [0.4, 0.5) is 4.79 Å². The fourth-order valence-electron chi connectivity index (χ4n) is 14.2. The molecule has 39 heteroatoms. The number of benzene rings is 2. The number of aliphatic carboxylic acids is 2. The third kappa shape index (κ3) is 29.6. The number of nitrogens with one attached hydrogen (secondary N) is 7. The molecule has 0 saturated carbocycles. The highest BCUT2D eigenvalue weighted by molar-refractivity contribution is 8.76. The number of hydrogen-bond donors (Lipinski definition) is 16. The van der Waals surface area contributed by atoms with E-state index in [2.05, 4.69) is 52.2 Å². The molecule has 4 aromatic rings. The average Bonchev–Trinajstić information content (AvgIpc) is 1.75. The highest BCUT2D eigenvalue weighted by atomic mass is 33.1. The van der Waals surface area contributed by atoms with E-state index in [0.717, 1.165) is 33.4 Å². The molecule has 4 bridgehead atoms. The van der Waals surface area contributed by atoms with Crippen molar-refractivity contribution in [1.82, 2.24) is 56.8 Å². The number of aromatic hydroxyl groups is 1. The minimum absolute atomic E-state index is 0. The molecule has 2 saturated heterocycles. The second kappa shape index (κ2) is 46.0. The number of phenols is 1. The molecule has 2 fully saturated rings. The number of carbonyl (C=O) groups is 16. The zero-order valence-electron chi connectivity index (χ0n) is 63.3. The van der Waals surface area contributed by atoms with Crippen molar-refractivity contribution >= 4 is 132 Å². The molecule has 0 aliphatic carbocycles. The third-order valence-corrected chi connectivity index (χ3v) is 22.8. The average molecular weight is 1640 g/mol. The van der Waals surface area contributed by atoms with E-state index < -0.39 is 230 Å². The van der Waals surface area contributed by atoms with Gasteiger partial charge < -0.3 is 90.9 Å². The Bertz CT molecular complexity index is 4150.